The molecule has 0 aliphatic rings. The molecule has 0 fully saturated rings. The molecular formula is C8H4N2. The van der Waals surface area contributed by atoms with E-state index in [4.69, 9.17) is 0 Å². The van der Waals surface area contributed by atoms with Crippen LogP contribution in [-0.4, -0.2) is 10.2 Å². The predicted molar refractivity (Wildman–Crippen MR) is 37.2 cm³/mol. The van der Waals surface area contributed by atoms with Crippen LogP contribution in [0.15, 0.2) is 24.4 Å². The summed E-state index contributed by atoms with van der Waals surface area (Å²) >= 11 is 0. The summed E-state index contributed by atoms with van der Waals surface area (Å²) in [5.74, 6) is 0. The van der Waals surface area contributed by atoms with Gasteiger partial charge in [-0.3, -0.25) is 0 Å². The largest absolute Gasteiger partial charge is 0.159 e. The standard InChI is InChI=1S/C8H4N2/c1-2-4-8-7(3-1)5-6-9-10-8/h2,4-6H. The fourth-order valence-electron chi connectivity index (χ4n) is 0.811. The topological polar surface area (TPSA) is 25.8 Å². The zero-order valence-corrected chi connectivity index (χ0v) is 5.20. The van der Waals surface area contributed by atoms with Crippen LogP contribution >= 0.6 is 0 Å². The molecule has 2 nitrogen and oxygen atoms in total. The molecule has 10 heavy (non-hydrogen) atoms. The second-order valence-corrected chi connectivity index (χ2v) is 1.93. The Labute approximate surface area is 58.5 Å². The van der Waals surface area contributed by atoms with Crippen molar-refractivity contribution in [2.24, 2.45) is 0 Å². The van der Waals surface area contributed by atoms with Crippen LogP contribution in [0, 0.1) is 12.1 Å². The summed E-state index contributed by atoms with van der Waals surface area (Å²) in [6.07, 6.45) is 1.65. The van der Waals surface area contributed by atoms with Gasteiger partial charge in [-0.1, -0.05) is 6.07 Å². The molecule has 0 amide bonds. The predicted octanol–water partition coefficient (Wildman–Crippen LogP) is 1.23. The molecule has 0 atom stereocenters. The normalized spacial score (nSPS) is 10.0. The molecule has 46 valence electrons. The van der Waals surface area contributed by atoms with E-state index in [1.807, 2.05) is 12.1 Å². The van der Waals surface area contributed by atoms with Gasteiger partial charge >= 0.3 is 0 Å². The summed E-state index contributed by atoms with van der Waals surface area (Å²) in [6.45, 7) is 0. The highest BCUT2D eigenvalue weighted by molar-refractivity contribution is 5.76. The summed E-state index contributed by atoms with van der Waals surface area (Å²) in [6, 6.07) is 11.3. The lowest BCUT2D eigenvalue weighted by Crippen LogP contribution is -1.80. The molecule has 0 saturated heterocycles. The molecule has 0 aliphatic carbocycles. The molecule has 0 unspecified atom stereocenters. The number of fused-ring (bicyclic) bond motifs is 1. The van der Waals surface area contributed by atoms with Crippen molar-refractivity contribution in [2.75, 3.05) is 0 Å². The van der Waals surface area contributed by atoms with Crippen molar-refractivity contribution in [3.63, 3.8) is 0 Å². The van der Waals surface area contributed by atoms with Crippen LogP contribution in [0.5, 0.6) is 0 Å². The van der Waals surface area contributed by atoms with Crippen LogP contribution in [0.1, 0.15) is 0 Å². The first-order valence-electron chi connectivity index (χ1n) is 2.96. The van der Waals surface area contributed by atoms with E-state index in [0.717, 1.165) is 10.9 Å². The zero-order chi connectivity index (χ0) is 6.81. The van der Waals surface area contributed by atoms with Crippen molar-refractivity contribution in [3.8, 4) is 0 Å². The molecule has 0 bridgehead atoms. The maximum absolute atomic E-state index is 3.88. The van der Waals surface area contributed by atoms with Crippen molar-refractivity contribution < 1.29 is 0 Å². The highest BCUT2D eigenvalue weighted by Gasteiger charge is 1.88. The first-order chi connectivity index (χ1) is 4.97. The van der Waals surface area contributed by atoms with Crippen molar-refractivity contribution in [1.29, 1.82) is 0 Å². The first-order valence-corrected chi connectivity index (χ1v) is 2.96. The third-order valence-electron chi connectivity index (χ3n) is 1.28. The molecule has 0 N–H and O–H groups in total. The second-order valence-electron chi connectivity index (χ2n) is 1.93. The van der Waals surface area contributed by atoms with Crippen LogP contribution in [-0.2, 0) is 0 Å². The maximum atomic E-state index is 3.88. The molecule has 0 aliphatic heterocycles. The Morgan fingerprint density at radius 3 is 3.20 bits per heavy atom. The molecule has 2 rings (SSSR count). The van der Waals surface area contributed by atoms with Gasteiger partial charge in [0.1, 0.15) is 0 Å². The SMILES string of the molecule is [c]1[c]c2ccnnc2cc1. The van der Waals surface area contributed by atoms with Crippen LogP contribution in [0.4, 0.5) is 0 Å². The summed E-state index contributed by atoms with van der Waals surface area (Å²) in [5, 5.41) is 8.56. The van der Waals surface area contributed by atoms with E-state index < -0.39 is 0 Å². The van der Waals surface area contributed by atoms with E-state index in [9.17, 15) is 0 Å². The summed E-state index contributed by atoms with van der Waals surface area (Å²) in [5.41, 5.74) is 0.862. The Morgan fingerprint density at radius 2 is 2.30 bits per heavy atom. The van der Waals surface area contributed by atoms with Gasteiger partial charge in [-0.25, -0.2) is 0 Å². The van der Waals surface area contributed by atoms with Gasteiger partial charge in [-0.05, 0) is 18.2 Å². The average Bonchev–Trinajstić information content (AvgIpc) is 2.05. The Bertz CT molecular complexity index is 278. The highest BCUT2D eigenvalue weighted by atomic mass is 15.1. The molecule has 1 aromatic heterocycles. The second kappa shape index (κ2) is 2.06. The Hall–Kier alpha value is -1.44. The summed E-state index contributed by atoms with van der Waals surface area (Å²) < 4.78 is 0. The van der Waals surface area contributed by atoms with E-state index in [1.165, 1.54) is 0 Å². The van der Waals surface area contributed by atoms with E-state index >= 15 is 0 Å². The van der Waals surface area contributed by atoms with Gasteiger partial charge in [0.2, 0.25) is 0 Å². The number of benzene rings is 1. The van der Waals surface area contributed by atoms with Crippen molar-refractivity contribution in [3.05, 3.63) is 36.5 Å². The lowest BCUT2D eigenvalue weighted by molar-refractivity contribution is 1.08. The minimum atomic E-state index is 0.862. The monoisotopic (exact) mass is 128 g/mol. The smallest absolute Gasteiger partial charge is 0.0936 e. The van der Waals surface area contributed by atoms with E-state index in [2.05, 4.69) is 22.3 Å². The Morgan fingerprint density at radius 1 is 1.30 bits per heavy atom. The van der Waals surface area contributed by atoms with Crippen LogP contribution < -0.4 is 0 Å². The lowest BCUT2D eigenvalue weighted by Gasteiger charge is -1.89. The molecule has 2 heteroatoms. The van der Waals surface area contributed by atoms with Crippen molar-refractivity contribution in [1.82, 2.24) is 10.2 Å². The zero-order valence-electron chi connectivity index (χ0n) is 5.20. The fraction of sp³-hybridized carbons (Fsp3) is 0. The molecular weight excluding hydrogens is 124 g/mol. The van der Waals surface area contributed by atoms with E-state index in [1.54, 1.807) is 12.3 Å². The summed E-state index contributed by atoms with van der Waals surface area (Å²) in [7, 11) is 0. The average molecular weight is 128 g/mol. The Balaban J connectivity index is 2.89. The summed E-state index contributed by atoms with van der Waals surface area (Å²) in [4.78, 5) is 0. The quantitative estimate of drug-likeness (QED) is 0.533. The van der Waals surface area contributed by atoms with Crippen LogP contribution in [0.25, 0.3) is 10.9 Å². The fourth-order valence-corrected chi connectivity index (χ4v) is 0.811. The molecule has 2 radical (unpaired) electrons. The van der Waals surface area contributed by atoms with Gasteiger partial charge < -0.3 is 0 Å². The van der Waals surface area contributed by atoms with Gasteiger partial charge in [-0.15, -0.1) is 0 Å². The molecule has 0 spiro atoms. The minimum absolute atomic E-state index is 0.862. The number of rotatable bonds is 0. The molecule has 0 saturated carbocycles. The van der Waals surface area contributed by atoms with Gasteiger partial charge in [0.25, 0.3) is 0 Å². The third kappa shape index (κ3) is 0.739. The first kappa shape index (κ1) is 5.35. The number of hydrogen-bond acceptors (Lipinski definition) is 2. The van der Waals surface area contributed by atoms with Crippen molar-refractivity contribution >= 4 is 10.9 Å². The van der Waals surface area contributed by atoms with Gasteiger partial charge in [-0.2, -0.15) is 10.2 Å². The van der Waals surface area contributed by atoms with E-state index in [0.29, 0.717) is 0 Å². The number of hydrogen-bond donors (Lipinski definition) is 0. The van der Waals surface area contributed by atoms with Crippen LogP contribution in [0.2, 0.25) is 0 Å². The highest BCUT2D eigenvalue weighted by Crippen LogP contribution is 2.05. The maximum Gasteiger partial charge on any atom is 0.0936 e. The minimum Gasteiger partial charge on any atom is -0.159 e. The molecule has 1 heterocycles. The lowest BCUT2D eigenvalue weighted by atomic mass is 10.2. The number of nitrogens with zero attached hydrogens (tertiary/aromatic N) is 2. The Kier molecular flexibility index (Phi) is 1.10. The molecule has 1 aromatic carbocycles. The van der Waals surface area contributed by atoms with E-state index in [-0.39, 0.29) is 0 Å². The third-order valence-corrected chi connectivity index (χ3v) is 1.28. The van der Waals surface area contributed by atoms with Gasteiger partial charge in [0, 0.05) is 11.5 Å². The van der Waals surface area contributed by atoms with Gasteiger partial charge in [0.15, 0.2) is 0 Å². The number of aromatic nitrogens is 2. The van der Waals surface area contributed by atoms with Crippen molar-refractivity contribution in [2.45, 2.75) is 0 Å². The van der Waals surface area contributed by atoms with Gasteiger partial charge in [0.05, 0.1) is 11.7 Å². The molecule has 2 aromatic rings. The van der Waals surface area contributed by atoms with Crippen LogP contribution in [0.3, 0.4) is 0 Å².